The van der Waals surface area contributed by atoms with Gasteiger partial charge in [0.05, 0.1) is 11.0 Å². The van der Waals surface area contributed by atoms with Crippen molar-refractivity contribution in [3.8, 4) is 0 Å². The number of Topliss-reactive ketones (excluding diaryl/α,β-unsaturated/α-hetero) is 1. The van der Waals surface area contributed by atoms with Crippen LogP contribution in [0, 0.1) is 0 Å². The fourth-order valence-corrected chi connectivity index (χ4v) is 3.57. The average Bonchev–Trinajstić information content (AvgIpc) is 2.66. The average molecular weight is 262 g/mol. The van der Waals surface area contributed by atoms with Crippen LogP contribution in [0.15, 0.2) is 12.1 Å². The van der Waals surface area contributed by atoms with Crippen molar-refractivity contribution in [2.45, 2.75) is 33.3 Å². The van der Waals surface area contributed by atoms with Crippen molar-refractivity contribution >= 4 is 29.3 Å². The van der Waals surface area contributed by atoms with E-state index in [9.17, 15) is 14.3 Å². The van der Waals surface area contributed by atoms with Crippen LogP contribution in [0.25, 0.3) is 0 Å². The Balaban J connectivity index is 2.89. The maximum absolute atomic E-state index is 11.9. The van der Waals surface area contributed by atoms with Crippen LogP contribution < -0.4 is 4.62 Å². The zero-order chi connectivity index (χ0) is 12.3. The Labute approximate surface area is 98.8 Å². The molecule has 0 aromatic carbocycles. The van der Waals surface area contributed by atoms with Gasteiger partial charge in [-0.1, -0.05) is 6.92 Å². The number of carbonyl (C=O) groups excluding carboxylic acids is 1. The van der Waals surface area contributed by atoms with E-state index in [2.05, 4.69) is 0 Å². The van der Waals surface area contributed by atoms with Gasteiger partial charge in [0.15, 0.2) is 5.78 Å². The largest absolute Gasteiger partial charge is 0.368 e. The molecule has 0 amide bonds. The molecule has 0 spiro atoms. The fraction of sp³-hybridized carbons (Fsp3) is 0.500. The zero-order valence-corrected chi connectivity index (χ0v) is 11.2. The SMILES string of the molecule is CCC(C)OP(=O)(O)c1ccc(C(C)=O)s1. The number of hydrogen-bond donors (Lipinski definition) is 1. The molecule has 90 valence electrons. The van der Waals surface area contributed by atoms with Crippen LogP contribution in [-0.4, -0.2) is 16.8 Å². The molecule has 0 aliphatic rings. The highest BCUT2D eigenvalue weighted by Crippen LogP contribution is 2.44. The first-order valence-corrected chi connectivity index (χ1v) is 7.38. The third kappa shape index (κ3) is 3.25. The predicted octanol–water partition coefficient (Wildman–Crippen LogP) is 2.58. The molecule has 2 unspecified atom stereocenters. The maximum atomic E-state index is 11.9. The molecule has 0 aliphatic carbocycles. The molecule has 1 N–H and O–H groups in total. The van der Waals surface area contributed by atoms with Crippen LogP contribution in [0.1, 0.15) is 36.9 Å². The standard InChI is InChI=1S/C10H15O4PS/c1-4-7(2)14-15(12,13)10-6-5-9(16-10)8(3)11/h5-7H,4H2,1-3H3,(H,12,13). The van der Waals surface area contributed by atoms with Crippen LogP contribution in [0.3, 0.4) is 0 Å². The van der Waals surface area contributed by atoms with Crippen molar-refractivity contribution in [2.75, 3.05) is 0 Å². The van der Waals surface area contributed by atoms with Crippen molar-refractivity contribution in [3.63, 3.8) is 0 Å². The smallest absolute Gasteiger partial charge is 0.320 e. The second-order valence-corrected chi connectivity index (χ2v) is 6.66. The molecule has 0 saturated carbocycles. The lowest BCUT2D eigenvalue weighted by Crippen LogP contribution is -2.10. The summed E-state index contributed by atoms with van der Waals surface area (Å²) < 4.78 is 17.1. The number of thiophene rings is 1. The molecule has 0 bridgehead atoms. The van der Waals surface area contributed by atoms with E-state index in [1.807, 2.05) is 6.92 Å². The second-order valence-electron chi connectivity index (χ2n) is 3.54. The fourth-order valence-electron chi connectivity index (χ4n) is 1.04. The second kappa shape index (κ2) is 5.23. The highest BCUT2D eigenvalue weighted by atomic mass is 32.1. The van der Waals surface area contributed by atoms with Gasteiger partial charge in [0, 0.05) is 0 Å². The summed E-state index contributed by atoms with van der Waals surface area (Å²) >= 11 is 1.01. The summed E-state index contributed by atoms with van der Waals surface area (Å²) in [6, 6.07) is 3.02. The van der Waals surface area contributed by atoms with E-state index in [1.54, 1.807) is 13.0 Å². The minimum absolute atomic E-state index is 0.111. The first kappa shape index (κ1) is 13.6. The van der Waals surface area contributed by atoms with Gasteiger partial charge in [0.25, 0.3) is 0 Å². The van der Waals surface area contributed by atoms with Crippen molar-refractivity contribution in [2.24, 2.45) is 0 Å². The number of hydrogen-bond acceptors (Lipinski definition) is 4. The summed E-state index contributed by atoms with van der Waals surface area (Å²) in [7, 11) is -3.77. The molecule has 0 aliphatic heterocycles. The van der Waals surface area contributed by atoms with Gasteiger partial charge >= 0.3 is 7.60 Å². The maximum Gasteiger partial charge on any atom is 0.368 e. The predicted molar refractivity (Wildman–Crippen MR) is 64.6 cm³/mol. The quantitative estimate of drug-likeness (QED) is 0.654. The lowest BCUT2D eigenvalue weighted by atomic mass is 10.3. The summed E-state index contributed by atoms with van der Waals surface area (Å²) in [5.41, 5.74) is 0. The van der Waals surface area contributed by atoms with Crippen molar-refractivity contribution in [1.82, 2.24) is 0 Å². The summed E-state index contributed by atoms with van der Waals surface area (Å²) in [4.78, 5) is 21.2. The molecular formula is C10H15O4PS. The molecule has 16 heavy (non-hydrogen) atoms. The van der Waals surface area contributed by atoms with Crippen LogP contribution in [0.5, 0.6) is 0 Å². The highest BCUT2D eigenvalue weighted by Gasteiger charge is 2.27. The third-order valence-corrected chi connectivity index (χ3v) is 5.42. The summed E-state index contributed by atoms with van der Waals surface area (Å²) in [6.07, 6.45) is 0.383. The topological polar surface area (TPSA) is 63.6 Å². The Morgan fingerprint density at radius 3 is 2.69 bits per heavy atom. The normalized spacial score (nSPS) is 16.8. The Morgan fingerprint density at radius 1 is 1.62 bits per heavy atom. The van der Waals surface area contributed by atoms with E-state index in [0.717, 1.165) is 11.3 Å². The number of ketones is 1. The van der Waals surface area contributed by atoms with Crippen LogP contribution in [0.2, 0.25) is 0 Å². The van der Waals surface area contributed by atoms with Crippen LogP contribution in [-0.2, 0) is 9.09 Å². The number of carbonyl (C=O) groups is 1. The Hall–Kier alpha value is -0.480. The van der Waals surface area contributed by atoms with Gasteiger partial charge in [-0.3, -0.25) is 9.36 Å². The molecule has 0 fully saturated rings. The first-order chi connectivity index (χ1) is 7.36. The Kier molecular flexibility index (Phi) is 4.44. The van der Waals surface area contributed by atoms with E-state index >= 15 is 0 Å². The third-order valence-electron chi connectivity index (χ3n) is 2.12. The van der Waals surface area contributed by atoms with E-state index in [1.165, 1.54) is 13.0 Å². The van der Waals surface area contributed by atoms with Crippen molar-refractivity contribution in [3.05, 3.63) is 17.0 Å². The van der Waals surface area contributed by atoms with E-state index in [-0.39, 0.29) is 16.5 Å². The van der Waals surface area contributed by atoms with E-state index in [0.29, 0.717) is 11.3 Å². The Bertz CT molecular complexity index is 426. The lowest BCUT2D eigenvalue weighted by Gasteiger charge is -2.14. The molecule has 6 heteroatoms. The molecule has 0 saturated heterocycles. The molecule has 1 heterocycles. The van der Waals surface area contributed by atoms with E-state index < -0.39 is 7.60 Å². The van der Waals surface area contributed by atoms with Gasteiger partial charge in [-0.15, -0.1) is 11.3 Å². The Morgan fingerprint density at radius 2 is 2.25 bits per heavy atom. The van der Waals surface area contributed by atoms with Crippen molar-refractivity contribution < 1.29 is 18.8 Å². The van der Waals surface area contributed by atoms with Gasteiger partial charge in [0.1, 0.15) is 4.62 Å². The van der Waals surface area contributed by atoms with Gasteiger partial charge < -0.3 is 9.42 Å². The summed E-state index contributed by atoms with van der Waals surface area (Å²) in [5, 5.41) is 0. The van der Waals surface area contributed by atoms with Gasteiger partial charge in [0.2, 0.25) is 0 Å². The first-order valence-electron chi connectivity index (χ1n) is 4.99. The molecule has 1 aromatic heterocycles. The minimum Gasteiger partial charge on any atom is -0.320 e. The summed E-state index contributed by atoms with van der Waals surface area (Å²) in [5.74, 6) is -0.111. The van der Waals surface area contributed by atoms with Gasteiger partial charge in [-0.05, 0) is 32.4 Å². The van der Waals surface area contributed by atoms with Gasteiger partial charge in [-0.25, -0.2) is 0 Å². The number of rotatable bonds is 5. The molecule has 4 nitrogen and oxygen atoms in total. The van der Waals surface area contributed by atoms with Crippen LogP contribution in [0.4, 0.5) is 0 Å². The molecule has 1 rings (SSSR count). The van der Waals surface area contributed by atoms with Crippen LogP contribution >= 0.6 is 18.9 Å². The molecule has 0 radical (unpaired) electrons. The monoisotopic (exact) mass is 262 g/mol. The lowest BCUT2D eigenvalue weighted by molar-refractivity contribution is 0.102. The molecule has 2 atom stereocenters. The van der Waals surface area contributed by atoms with Gasteiger partial charge in [-0.2, -0.15) is 0 Å². The highest BCUT2D eigenvalue weighted by molar-refractivity contribution is 7.68. The zero-order valence-electron chi connectivity index (χ0n) is 9.47. The summed E-state index contributed by atoms with van der Waals surface area (Å²) in [6.45, 7) is 5.04. The van der Waals surface area contributed by atoms with E-state index in [4.69, 9.17) is 4.52 Å². The minimum atomic E-state index is -3.77. The van der Waals surface area contributed by atoms with Crippen molar-refractivity contribution in [1.29, 1.82) is 0 Å². The molecule has 1 aromatic rings. The molecular weight excluding hydrogens is 247 g/mol.